The summed E-state index contributed by atoms with van der Waals surface area (Å²) in [6, 6.07) is 6.78. The van der Waals surface area contributed by atoms with E-state index < -0.39 is 0 Å². The molecule has 0 atom stereocenters. The maximum absolute atomic E-state index is 11.9. The molecule has 0 aliphatic rings. The van der Waals surface area contributed by atoms with Gasteiger partial charge in [-0.1, -0.05) is 11.6 Å². The topological polar surface area (TPSA) is 42.2 Å². The fourth-order valence-electron chi connectivity index (χ4n) is 1.36. The largest absolute Gasteiger partial charge is 0.444 e. The van der Waals surface area contributed by atoms with Crippen LogP contribution in [0.1, 0.15) is 16.1 Å². The fraction of sp³-hybridized carbons (Fsp3) is 0.0833. The summed E-state index contributed by atoms with van der Waals surface area (Å²) in [4.78, 5) is 11.9. The van der Waals surface area contributed by atoms with Gasteiger partial charge in [-0.25, -0.2) is 0 Å². The Labute approximate surface area is 126 Å². The predicted molar refractivity (Wildman–Crippen MR) is 78.3 cm³/mol. The Morgan fingerprint density at radius 2 is 2.06 bits per heavy atom. The lowest BCUT2D eigenvalue weighted by atomic mass is 10.2. The molecule has 3 nitrogen and oxygen atoms in total. The summed E-state index contributed by atoms with van der Waals surface area (Å²) in [6.07, 6.45) is 0. The maximum Gasteiger partial charge on any atom is 0.291 e. The lowest BCUT2D eigenvalue weighted by molar-refractivity contribution is 0.0995. The van der Waals surface area contributed by atoms with Gasteiger partial charge in [0.2, 0.25) is 0 Å². The van der Waals surface area contributed by atoms with Gasteiger partial charge in [0.1, 0.15) is 0 Å². The Balaban J connectivity index is 2.24. The first-order valence-electron chi connectivity index (χ1n) is 4.99. The number of furan rings is 1. The van der Waals surface area contributed by atoms with Crippen molar-refractivity contribution < 1.29 is 9.21 Å². The zero-order chi connectivity index (χ0) is 13.3. The van der Waals surface area contributed by atoms with Crippen molar-refractivity contribution in [1.82, 2.24) is 0 Å². The predicted octanol–water partition coefficient (Wildman–Crippen LogP) is 5.02. The second-order valence-corrected chi connectivity index (χ2v) is 5.68. The van der Waals surface area contributed by atoms with E-state index in [1.54, 1.807) is 18.2 Å². The Hall–Kier alpha value is -0.780. The highest BCUT2D eigenvalue weighted by atomic mass is 79.9. The Bertz CT molecular complexity index is 610. The van der Waals surface area contributed by atoms with Crippen LogP contribution in [0, 0.1) is 6.92 Å². The van der Waals surface area contributed by atoms with Crippen LogP contribution in [-0.2, 0) is 0 Å². The lowest BCUT2D eigenvalue weighted by Crippen LogP contribution is -2.11. The van der Waals surface area contributed by atoms with Gasteiger partial charge in [-0.3, -0.25) is 4.79 Å². The third-order valence-electron chi connectivity index (χ3n) is 2.29. The number of hydrogen-bond donors (Lipinski definition) is 1. The first kappa shape index (κ1) is 13.6. The molecular weight excluding hydrogens is 385 g/mol. The molecule has 0 saturated carbocycles. The summed E-state index contributed by atoms with van der Waals surface area (Å²) in [5.41, 5.74) is 1.53. The Kier molecular flexibility index (Phi) is 4.14. The average Bonchev–Trinajstić information content (AvgIpc) is 2.73. The standard InChI is InChI=1S/C12H8Br2ClNO2/c1-6-4-7(13)9(5-8(6)15)16-12(17)10-2-3-11(14)18-10/h2-5H,1H3,(H,16,17). The molecule has 0 bridgehead atoms. The maximum atomic E-state index is 11.9. The van der Waals surface area contributed by atoms with Gasteiger partial charge in [0.25, 0.3) is 5.91 Å². The highest BCUT2D eigenvalue weighted by Gasteiger charge is 2.13. The van der Waals surface area contributed by atoms with Gasteiger partial charge in [0.05, 0.1) is 5.69 Å². The Morgan fingerprint density at radius 3 is 2.67 bits per heavy atom. The molecule has 6 heteroatoms. The molecule has 0 unspecified atom stereocenters. The minimum atomic E-state index is -0.332. The van der Waals surface area contributed by atoms with E-state index in [0.29, 0.717) is 15.4 Å². The highest BCUT2D eigenvalue weighted by Crippen LogP contribution is 2.29. The third-order valence-corrected chi connectivity index (χ3v) is 3.78. The van der Waals surface area contributed by atoms with E-state index in [2.05, 4.69) is 37.2 Å². The van der Waals surface area contributed by atoms with Crippen molar-refractivity contribution in [3.8, 4) is 0 Å². The van der Waals surface area contributed by atoms with E-state index in [4.69, 9.17) is 16.0 Å². The van der Waals surface area contributed by atoms with Crippen LogP contribution in [0.4, 0.5) is 5.69 Å². The van der Waals surface area contributed by atoms with Crippen LogP contribution in [0.15, 0.2) is 37.8 Å². The van der Waals surface area contributed by atoms with Crippen molar-refractivity contribution in [3.05, 3.63) is 49.8 Å². The number of amides is 1. The van der Waals surface area contributed by atoms with Crippen LogP contribution < -0.4 is 5.32 Å². The van der Waals surface area contributed by atoms with Gasteiger partial charge in [-0.05, 0) is 68.6 Å². The number of carbonyl (C=O) groups is 1. The number of anilines is 1. The molecule has 1 aromatic heterocycles. The molecule has 1 N–H and O–H groups in total. The van der Waals surface area contributed by atoms with Crippen LogP contribution in [0.25, 0.3) is 0 Å². The molecule has 18 heavy (non-hydrogen) atoms. The molecule has 2 rings (SSSR count). The zero-order valence-corrected chi connectivity index (χ0v) is 13.2. The molecule has 0 spiro atoms. The van der Waals surface area contributed by atoms with Crippen LogP contribution in [0.2, 0.25) is 5.02 Å². The normalized spacial score (nSPS) is 10.4. The summed E-state index contributed by atoms with van der Waals surface area (Å²) in [6.45, 7) is 1.89. The van der Waals surface area contributed by atoms with E-state index >= 15 is 0 Å². The van der Waals surface area contributed by atoms with Gasteiger partial charge in [0, 0.05) is 9.50 Å². The minimum Gasteiger partial charge on any atom is -0.444 e. The number of aryl methyl sites for hydroxylation is 1. The summed E-state index contributed by atoms with van der Waals surface area (Å²) < 4.78 is 6.44. The van der Waals surface area contributed by atoms with Gasteiger partial charge in [-0.2, -0.15) is 0 Å². The fourth-order valence-corrected chi connectivity index (χ4v) is 2.39. The van der Waals surface area contributed by atoms with Gasteiger partial charge in [0.15, 0.2) is 10.4 Å². The van der Waals surface area contributed by atoms with Gasteiger partial charge >= 0.3 is 0 Å². The van der Waals surface area contributed by atoms with Crippen molar-refractivity contribution in [2.45, 2.75) is 6.92 Å². The summed E-state index contributed by atoms with van der Waals surface area (Å²) in [5.74, 6) is -0.105. The monoisotopic (exact) mass is 391 g/mol. The summed E-state index contributed by atoms with van der Waals surface area (Å²) in [5, 5.41) is 3.31. The van der Waals surface area contributed by atoms with E-state index in [-0.39, 0.29) is 11.7 Å². The lowest BCUT2D eigenvalue weighted by Gasteiger charge is -2.08. The molecule has 94 valence electrons. The molecule has 0 aliphatic carbocycles. The number of nitrogens with one attached hydrogen (secondary N) is 1. The van der Waals surface area contributed by atoms with E-state index in [9.17, 15) is 4.79 Å². The molecule has 0 aliphatic heterocycles. The average molecular weight is 393 g/mol. The number of halogens is 3. The second-order valence-electron chi connectivity index (χ2n) is 3.64. The Morgan fingerprint density at radius 1 is 1.33 bits per heavy atom. The molecule has 0 fully saturated rings. The number of carbonyl (C=O) groups excluding carboxylic acids is 1. The molecule has 0 radical (unpaired) electrons. The molecule has 2 aromatic rings. The summed E-state index contributed by atoms with van der Waals surface area (Å²) >= 11 is 12.5. The molecular formula is C12H8Br2ClNO2. The van der Waals surface area contributed by atoms with Crippen molar-refractivity contribution in [2.75, 3.05) is 5.32 Å². The number of benzene rings is 1. The van der Waals surface area contributed by atoms with Crippen molar-refractivity contribution in [2.24, 2.45) is 0 Å². The highest BCUT2D eigenvalue weighted by molar-refractivity contribution is 9.10. The van der Waals surface area contributed by atoms with Crippen LogP contribution >= 0.6 is 43.5 Å². The quantitative estimate of drug-likeness (QED) is 0.779. The van der Waals surface area contributed by atoms with E-state index in [1.165, 1.54) is 0 Å². The van der Waals surface area contributed by atoms with Crippen LogP contribution in [-0.4, -0.2) is 5.91 Å². The van der Waals surface area contributed by atoms with Gasteiger partial charge < -0.3 is 9.73 Å². The van der Waals surface area contributed by atoms with E-state index in [0.717, 1.165) is 10.0 Å². The molecule has 0 saturated heterocycles. The molecule has 1 aromatic carbocycles. The first-order valence-corrected chi connectivity index (χ1v) is 6.96. The number of hydrogen-bond acceptors (Lipinski definition) is 2. The zero-order valence-electron chi connectivity index (χ0n) is 9.26. The van der Waals surface area contributed by atoms with Crippen molar-refractivity contribution in [3.63, 3.8) is 0 Å². The third kappa shape index (κ3) is 2.96. The molecule has 1 heterocycles. The SMILES string of the molecule is Cc1cc(Br)c(NC(=O)c2ccc(Br)o2)cc1Cl. The van der Waals surface area contributed by atoms with Crippen molar-refractivity contribution in [1.29, 1.82) is 0 Å². The van der Waals surface area contributed by atoms with Crippen LogP contribution in [0.3, 0.4) is 0 Å². The summed E-state index contributed by atoms with van der Waals surface area (Å²) in [7, 11) is 0. The molecule has 1 amide bonds. The van der Waals surface area contributed by atoms with E-state index in [1.807, 2.05) is 13.0 Å². The van der Waals surface area contributed by atoms with Crippen LogP contribution in [0.5, 0.6) is 0 Å². The van der Waals surface area contributed by atoms with Gasteiger partial charge in [-0.15, -0.1) is 0 Å². The second kappa shape index (κ2) is 5.47. The smallest absolute Gasteiger partial charge is 0.291 e. The number of rotatable bonds is 2. The first-order chi connectivity index (χ1) is 8.47. The minimum absolute atomic E-state index is 0.227. The van der Waals surface area contributed by atoms with Crippen molar-refractivity contribution >= 4 is 55.1 Å².